The SMILES string of the molecule is CC(C)(C)NCCc1ccc(F)c(F)c1. The molecule has 0 aliphatic carbocycles. The highest BCUT2D eigenvalue weighted by molar-refractivity contribution is 5.18. The van der Waals surface area contributed by atoms with E-state index in [1.54, 1.807) is 6.07 Å². The predicted octanol–water partition coefficient (Wildman–Crippen LogP) is 2.90. The monoisotopic (exact) mass is 213 g/mol. The van der Waals surface area contributed by atoms with Crippen LogP contribution in [0.5, 0.6) is 0 Å². The van der Waals surface area contributed by atoms with Gasteiger partial charge in [0.25, 0.3) is 0 Å². The maximum atomic E-state index is 12.8. The Bertz CT molecular complexity index is 329. The molecule has 0 saturated carbocycles. The molecular weight excluding hydrogens is 196 g/mol. The summed E-state index contributed by atoms with van der Waals surface area (Å²) in [5.74, 6) is -1.56. The first-order chi connectivity index (χ1) is 6.88. The second-order valence-corrected chi connectivity index (χ2v) is 4.68. The molecule has 3 heteroatoms. The van der Waals surface area contributed by atoms with Crippen LogP contribution in [0.15, 0.2) is 18.2 Å². The van der Waals surface area contributed by atoms with Gasteiger partial charge in [-0.2, -0.15) is 0 Å². The van der Waals surface area contributed by atoms with Gasteiger partial charge in [0.05, 0.1) is 0 Å². The molecule has 0 atom stereocenters. The van der Waals surface area contributed by atoms with Crippen molar-refractivity contribution in [1.29, 1.82) is 0 Å². The van der Waals surface area contributed by atoms with E-state index in [9.17, 15) is 8.78 Å². The van der Waals surface area contributed by atoms with Gasteiger partial charge < -0.3 is 5.32 Å². The lowest BCUT2D eigenvalue weighted by Gasteiger charge is -2.20. The summed E-state index contributed by atoms with van der Waals surface area (Å²) in [5.41, 5.74) is 0.865. The largest absolute Gasteiger partial charge is 0.312 e. The minimum absolute atomic E-state index is 0.0541. The summed E-state index contributed by atoms with van der Waals surface area (Å²) in [7, 11) is 0. The van der Waals surface area contributed by atoms with E-state index in [2.05, 4.69) is 26.1 Å². The highest BCUT2D eigenvalue weighted by Gasteiger charge is 2.08. The molecule has 0 aliphatic heterocycles. The fourth-order valence-corrected chi connectivity index (χ4v) is 1.28. The molecule has 15 heavy (non-hydrogen) atoms. The van der Waals surface area contributed by atoms with Crippen LogP contribution in [0, 0.1) is 11.6 Å². The smallest absolute Gasteiger partial charge is 0.159 e. The van der Waals surface area contributed by atoms with Crippen LogP contribution in [0.4, 0.5) is 8.78 Å². The molecule has 0 bridgehead atoms. The zero-order valence-electron chi connectivity index (χ0n) is 9.40. The van der Waals surface area contributed by atoms with Gasteiger partial charge in [-0.25, -0.2) is 8.78 Å². The van der Waals surface area contributed by atoms with Crippen molar-refractivity contribution in [2.75, 3.05) is 6.54 Å². The van der Waals surface area contributed by atoms with E-state index in [4.69, 9.17) is 0 Å². The molecule has 0 aliphatic rings. The molecule has 0 fully saturated rings. The van der Waals surface area contributed by atoms with Crippen molar-refractivity contribution >= 4 is 0 Å². The van der Waals surface area contributed by atoms with Gasteiger partial charge in [0.2, 0.25) is 0 Å². The van der Waals surface area contributed by atoms with E-state index in [0.29, 0.717) is 6.42 Å². The van der Waals surface area contributed by atoms with E-state index in [-0.39, 0.29) is 5.54 Å². The summed E-state index contributed by atoms with van der Waals surface area (Å²) >= 11 is 0. The maximum Gasteiger partial charge on any atom is 0.159 e. The van der Waals surface area contributed by atoms with Gasteiger partial charge in [-0.3, -0.25) is 0 Å². The van der Waals surface area contributed by atoms with Crippen LogP contribution in [0.2, 0.25) is 0 Å². The zero-order valence-corrected chi connectivity index (χ0v) is 9.40. The van der Waals surface area contributed by atoms with Gasteiger partial charge in [0, 0.05) is 5.54 Å². The summed E-state index contributed by atoms with van der Waals surface area (Å²) in [6, 6.07) is 4.03. The number of hydrogen-bond acceptors (Lipinski definition) is 1. The summed E-state index contributed by atoms with van der Waals surface area (Å²) in [6.07, 6.45) is 0.703. The van der Waals surface area contributed by atoms with Crippen molar-refractivity contribution in [3.05, 3.63) is 35.4 Å². The highest BCUT2D eigenvalue weighted by atomic mass is 19.2. The van der Waals surface area contributed by atoms with Crippen LogP contribution in [0.1, 0.15) is 26.3 Å². The number of hydrogen-bond donors (Lipinski definition) is 1. The van der Waals surface area contributed by atoms with E-state index in [1.807, 2.05) is 0 Å². The Morgan fingerprint density at radius 1 is 1.13 bits per heavy atom. The van der Waals surface area contributed by atoms with E-state index in [1.165, 1.54) is 12.1 Å². The van der Waals surface area contributed by atoms with E-state index >= 15 is 0 Å². The predicted molar refractivity (Wildman–Crippen MR) is 57.8 cm³/mol. The Balaban J connectivity index is 2.48. The molecule has 1 nitrogen and oxygen atoms in total. The fourth-order valence-electron chi connectivity index (χ4n) is 1.28. The Morgan fingerprint density at radius 2 is 1.80 bits per heavy atom. The third-order valence-corrected chi connectivity index (χ3v) is 2.05. The topological polar surface area (TPSA) is 12.0 Å². The standard InChI is InChI=1S/C12H17F2N/c1-12(2,3)15-7-6-9-4-5-10(13)11(14)8-9/h4-5,8,15H,6-7H2,1-3H3. The Hall–Kier alpha value is -0.960. The minimum Gasteiger partial charge on any atom is -0.312 e. The van der Waals surface area contributed by atoms with Gasteiger partial charge >= 0.3 is 0 Å². The summed E-state index contributed by atoms with van der Waals surface area (Å²) in [4.78, 5) is 0. The first kappa shape index (κ1) is 12.1. The highest BCUT2D eigenvalue weighted by Crippen LogP contribution is 2.09. The van der Waals surface area contributed by atoms with Gasteiger partial charge in [-0.15, -0.1) is 0 Å². The lowest BCUT2D eigenvalue weighted by molar-refractivity contribution is 0.429. The molecule has 0 radical (unpaired) electrons. The lowest BCUT2D eigenvalue weighted by Crippen LogP contribution is -2.37. The van der Waals surface area contributed by atoms with Crippen LogP contribution in [-0.2, 0) is 6.42 Å². The van der Waals surface area contributed by atoms with Crippen LogP contribution < -0.4 is 5.32 Å². The molecule has 0 amide bonds. The molecule has 0 saturated heterocycles. The third kappa shape index (κ3) is 4.38. The average Bonchev–Trinajstić information content (AvgIpc) is 2.09. The Kier molecular flexibility index (Phi) is 3.80. The van der Waals surface area contributed by atoms with Crippen molar-refractivity contribution in [2.24, 2.45) is 0 Å². The molecule has 1 aromatic carbocycles. The zero-order chi connectivity index (χ0) is 11.5. The molecule has 1 rings (SSSR count). The van der Waals surface area contributed by atoms with Crippen LogP contribution in [0.3, 0.4) is 0 Å². The van der Waals surface area contributed by atoms with Crippen molar-refractivity contribution in [1.82, 2.24) is 5.32 Å². The molecule has 0 aromatic heterocycles. The molecule has 1 aromatic rings. The quantitative estimate of drug-likeness (QED) is 0.814. The van der Waals surface area contributed by atoms with E-state index < -0.39 is 11.6 Å². The van der Waals surface area contributed by atoms with Crippen molar-refractivity contribution in [3.8, 4) is 0 Å². The molecule has 1 N–H and O–H groups in total. The molecule has 84 valence electrons. The number of nitrogens with one attached hydrogen (secondary N) is 1. The van der Waals surface area contributed by atoms with Crippen LogP contribution in [0.25, 0.3) is 0 Å². The van der Waals surface area contributed by atoms with Gasteiger partial charge in [-0.1, -0.05) is 6.07 Å². The lowest BCUT2D eigenvalue weighted by atomic mass is 10.1. The molecular formula is C12H17F2N. The van der Waals surface area contributed by atoms with Crippen LogP contribution >= 0.6 is 0 Å². The Morgan fingerprint density at radius 3 is 2.33 bits per heavy atom. The molecule has 0 spiro atoms. The fraction of sp³-hybridized carbons (Fsp3) is 0.500. The summed E-state index contributed by atoms with van der Waals surface area (Å²) in [5, 5.41) is 3.29. The van der Waals surface area contributed by atoms with Crippen molar-refractivity contribution in [3.63, 3.8) is 0 Å². The molecule has 0 heterocycles. The van der Waals surface area contributed by atoms with Crippen molar-refractivity contribution < 1.29 is 8.78 Å². The summed E-state index contributed by atoms with van der Waals surface area (Å²) < 4.78 is 25.5. The third-order valence-electron chi connectivity index (χ3n) is 2.05. The second kappa shape index (κ2) is 4.71. The maximum absolute atomic E-state index is 12.8. The minimum atomic E-state index is -0.789. The number of rotatable bonds is 3. The van der Waals surface area contributed by atoms with Gasteiger partial charge in [0.1, 0.15) is 0 Å². The second-order valence-electron chi connectivity index (χ2n) is 4.68. The first-order valence-electron chi connectivity index (χ1n) is 5.07. The van der Waals surface area contributed by atoms with Crippen molar-refractivity contribution in [2.45, 2.75) is 32.7 Å². The number of halogens is 2. The molecule has 0 unspecified atom stereocenters. The average molecular weight is 213 g/mol. The summed E-state index contributed by atoms with van der Waals surface area (Å²) in [6.45, 7) is 6.96. The Labute approximate surface area is 89.5 Å². The normalized spacial score (nSPS) is 11.8. The number of benzene rings is 1. The van der Waals surface area contributed by atoms with Gasteiger partial charge in [0.15, 0.2) is 11.6 Å². The van der Waals surface area contributed by atoms with Crippen LogP contribution in [-0.4, -0.2) is 12.1 Å². The van der Waals surface area contributed by atoms with E-state index in [0.717, 1.165) is 12.1 Å². The first-order valence-corrected chi connectivity index (χ1v) is 5.07. The van der Waals surface area contributed by atoms with Gasteiger partial charge in [-0.05, 0) is 51.4 Å².